The molecule has 19 heavy (non-hydrogen) atoms. The van der Waals surface area contributed by atoms with Crippen LogP contribution >= 0.6 is 11.8 Å². The van der Waals surface area contributed by atoms with Crippen molar-refractivity contribution in [1.29, 1.82) is 5.26 Å². The van der Waals surface area contributed by atoms with Gasteiger partial charge < -0.3 is 0 Å². The van der Waals surface area contributed by atoms with Gasteiger partial charge in [0.05, 0.1) is 11.1 Å². The summed E-state index contributed by atoms with van der Waals surface area (Å²) in [6.07, 6.45) is -4.47. The first-order valence-electron chi connectivity index (χ1n) is 4.93. The Bertz CT molecular complexity index is 643. The molecule has 0 amide bonds. The van der Waals surface area contributed by atoms with E-state index in [0.717, 1.165) is 23.9 Å². The minimum absolute atomic E-state index is 0.0668. The third-order valence-corrected chi connectivity index (χ3v) is 3.31. The first kappa shape index (κ1) is 13.4. The van der Waals surface area contributed by atoms with Crippen LogP contribution in [0.1, 0.15) is 11.1 Å². The van der Waals surface area contributed by atoms with Crippen molar-refractivity contribution < 1.29 is 13.2 Å². The molecular formula is C10H6F3N5S. The van der Waals surface area contributed by atoms with Gasteiger partial charge in [0, 0.05) is 11.9 Å². The Morgan fingerprint density at radius 2 is 2.11 bits per heavy atom. The van der Waals surface area contributed by atoms with Gasteiger partial charge in [0.15, 0.2) is 0 Å². The highest BCUT2D eigenvalue weighted by Crippen LogP contribution is 2.34. The van der Waals surface area contributed by atoms with Crippen molar-refractivity contribution in [3.8, 4) is 6.07 Å². The van der Waals surface area contributed by atoms with E-state index in [1.54, 1.807) is 13.1 Å². The average molecular weight is 285 g/mol. The van der Waals surface area contributed by atoms with E-state index in [2.05, 4.69) is 15.5 Å². The molecule has 0 atom stereocenters. The summed E-state index contributed by atoms with van der Waals surface area (Å²) >= 11 is 1.03. The number of hydrogen-bond acceptors (Lipinski definition) is 5. The first-order valence-corrected chi connectivity index (χ1v) is 5.75. The number of tetrazole rings is 1. The second kappa shape index (κ2) is 4.89. The lowest BCUT2D eigenvalue weighted by Crippen LogP contribution is -2.05. The van der Waals surface area contributed by atoms with Crippen LogP contribution in [0.3, 0.4) is 0 Å². The largest absolute Gasteiger partial charge is 0.416 e. The number of hydrogen-bond donors (Lipinski definition) is 0. The monoisotopic (exact) mass is 285 g/mol. The van der Waals surface area contributed by atoms with Crippen LogP contribution in [0.25, 0.3) is 0 Å². The lowest BCUT2D eigenvalue weighted by Gasteiger charge is -2.08. The molecule has 0 saturated heterocycles. The zero-order valence-electron chi connectivity index (χ0n) is 9.51. The molecule has 0 N–H and O–H groups in total. The molecular weight excluding hydrogens is 279 g/mol. The average Bonchev–Trinajstić information content (AvgIpc) is 2.74. The predicted octanol–water partition coefficient (Wildman–Crippen LogP) is 2.25. The Labute approximate surface area is 110 Å². The zero-order valence-corrected chi connectivity index (χ0v) is 10.3. The molecule has 1 aromatic carbocycles. The normalized spacial score (nSPS) is 11.3. The number of rotatable bonds is 2. The molecule has 0 fully saturated rings. The number of halogens is 3. The van der Waals surface area contributed by atoms with Crippen LogP contribution in [-0.2, 0) is 13.2 Å². The van der Waals surface area contributed by atoms with Crippen LogP contribution in [0.5, 0.6) is 0 Å². The van der Waals surface area contributed by atoms with Crippen LogP contribution in [0.4, 0.5) is 13.2 Å². The Balaban J connectivity index is 2.38. The summed E-state index contributed by atoms with van der Waals surface area (Å²) in [6.45, 7) is 0. The van der Waals surface area contributed by atoms with Gasteiger partial charge in [-0.05, 0) is 40.4 Å². The van der Waals surface area contributed by atoms with E-state index in [4.69, 9.17) is 5.26 Å². The molecule has 2 rings (SSSR count). The van der Waals surface area contributed by atoms with E-state index in [9.17, 15) is 13.2 Å². The number of nitrogens with zero attached hydrogens (tertiary/aromatic N) is 5. The molecule has 0 aliphatic carbocycles. The molecule has 1 aromatic heterocycles. The summed E-state index contributed by atoms with van der Waals surface area (Å²) < 4.78 is 38.9. The highest BCUT2D eigenvalue weighted by atomic mass is 32.2. The molecule has 5 nitrogen and oxygen atoms in total. The second-order valence-corrected chi connectivity index (χ2v) is 4.52. The van der Waals surface area contributed by atoms with Gasteiger partial charge in [-0.1, -0.05) is 0 Å². The van der Waals surface area contributed by atoms with Gasteiger partial charge >= 0.3 is 6.18 Å². The third kappa shape index (κ3) is 2.85. The van der Waals surface area contributed by atoms with Gasteiger partial charge in [0.1, 0.15) is 6.07 Å². The highest BCUT2D eigenvalue weighted by molar-refractivity contribution is 7.99. The van der Waals surface area contributed by atoms with Gasteiger partial charge in [-0.25, -0.2) is 4.68 Å². The first-order chi connectivity index (χ1) is 8.91. The fourth-order valence-corrected chi connectivity index (χ4v) is 2.08. The van der Waals surface area contributed by atoms with E-state index in [-0.39, 0.29) is 5.56 Å². The molecule has 0 saturated carbocycles. The standard InChI is InChI=1S/C10H6F3N5S/c1-18-9(15-16-17-18)19-8-3-2-7(10(11,12)13)4-6(8)5-14/h2-4H,1H3. The summed E-state index contributed by atoms with van der Waals surface area (Å²) in [5, 5.41) is 20.0. The fourth-order valence-electron chi connectivity index (χ4n) is 1.29. The third-order valence-electron chi connectivity index (χ3n) is 2.21. The van der Waals surface area contributed by atoms with E-state index < -0.39 is 11.7 Å². The van der Waals surface area contributed by atoms with E-state index in [0.29, 0.717) is 10.1 Å². The van der Waals surface area contributed by atoms with Crippen LogP contribution in [0, 0.1) is 11.3 Å². The van der Waals surface area contributed by atoms with Crippen LogP contribution in [0.2, 0.25) is 0 Å². The quantitative estimate of drug-likeness (QED) is 0.846. The highest BCUT2D eigenvalue weighted by Gasteiger charge is 2.31. The zero-order chi connectivity index (χ0) is 14.0. The van der Waals surface area contributed by atoms with Gasteiger partial charge in [0.2, 0.25) is 5.16 Å². The van der Waals surface area contributed by atoms with Gasteiger partial charge in [-0.3, -0.25) is 0 Å². The van der Waals surface area contributed by atoms with Crippen molar-refractivity contribution in [2.24, 2.45) is 7.05 Å². The molecule has 0 unspecified atom stereocenters. The Hall–Kier alpha value is -2.08. The van der Waals surface area contributed by atoms with Gasteiger partial charge in [0.25, 0.3) is 0 Å². The second-order valence-electron chi connectivity index (χ2n) is 3.51. The lowest BCUT2D eigenvalue weighted by atomic mass is 10.1. The van der Waals surface area contributed by atoms with Gasteiger partial charge in [-0.2, -0.15) is 18.4 Å². The number of benzene rings is 1. The number of nitriles is 1. The summed E-state index contributed by atoms with van der Waals surface area (Å²) in [6, 6.07) is 4.71. The molecule has 0 aliphatic rings. The molecule has 1 heterocycles. The number of aryl methyl sites for hydroxylation is 1. The molecule has 0 spiro atoms. The lowest BCUT2D eigenvalue weighted by molar-refractivity contribution is -0.137. The summed E-state index contributed by atoms with van der Waals surface area (Å²) in [5.74, 6) is 0. The SMILES string of the molecule is Cn1nnnc1Sc1ccc(C(F)(F)F)cc1C#N. The maximum atomic E-state index is 12.5. The summed E-state index contributed by atoms with van der Waals surface area (Å²) in [5.41, 5.74) is -0.924. The minimum atomic E-state index is -4.47. The molecule has 9 heteroatoms. The Morgan fingerprint density at radius 1 is 1.37 bits per heavy atom. The van der Waals surface area contributed by atoms with Crippen LogP contribution in [0.15, 0.2) is 28.3 Å². The molecule has 0 radical (unpaired) electrons. The van der Waals surface area contributed by atoms with Crippen molar-refractivity contribution in [2.45, 2.75) is 16.2 Å². The Morgan fingerprint density at radius 3 is 2.63 bits per heavy atom. The van der Waals surface area contributed by atoms with Crippen molar-refractivity contribution >= 4 is 11.8 Å². The minimum Gasteiger partial charge on any atom is -0.223 e. The van der Waals surface area contributed by atoms with Crippen molar-refractivity contribution in [2.75, 3.05) is 0 Å². The molecule has 2 aromatic rings. The smallest absolute Gasteiger partial charge is 0.223 e. The van der Waals surface area contributed by atoms with Crippen molar-refractivity contribution in [3.63, 3.8) is 0 Å². The van der Waals surface area contributed by atoms with Crippen molar-refractivity contribution in [1.82, 2.24) is 20.2 Å². The molecule has 0 bridgehead atoms. The number of alkyl halides is 3. The summed E-state index contributed by atoms with van der Waals surface area (Å²) in [7, 11) is 1.60. The fraction of sp³-hybridized carbons (Fsp3) is 0.200. The van der Waals surface area contributed by atoms with Crippen molar-refractivity contribution in [3.05, 3.63) is 29.3 Å². The van der Waals surface area contributed by atoms with E-state index in [1.807, 2.05) is 0 Å². The van der Waals surface area contributed by atoms with E-state index >= 15 is 0 Å². The Kier molecular flexibility index (Phi) is 3.44. The summed E-state index contributed by atoms with van der Waals surface area (Å²) in [4.78, 5) is 0.369. The topological polar surface area (TPSA) is 67.4 Å². The van der Waals surface area contributed by atoms with Gasteiger partial charge in [-0.15, -0.1) is 5.10 Å². The maximum Gasteiger partial charge on any atom is 0.416 e. The predicted molar refractivity (Wildman–Crippen MR) is 59.1 cm³/mol. The van der Waals surface area contributed by atoms with Crippen LogP contribution in [-0.4, -0.2) is 20.2 Å². The number of aromatic nitrogens is 4. The molecule has 98 valence electrons. The molecule has 0 aliphatic heterocycles. The maximum absolute atomic E-state index is 12.5. The van der Waals surface area contributed by atoms with Crippen LogP contribution < -0.4 is 0 Å². The van der Waals surface area contributed by atoms with E-state index in [1.165, 1.54) is 10.7 Å².